The fourth-order valence-electron chi connectivity index (χ4n) is 5.55. The number of rotatable bonds is 5. The van der Waals surface area contributed by atoms with Crippen LogP contribution in [-0.2, 0) is 0 Å². The molecule has 33 heavy (non-hydrogen) atoms. The van der Waals surface area contributed by atoms with E-state index in [1.165, 1.54) is 34.3 Å². The molecule has 2 nitrogen and oxygen atoms in total. The van der Waals surface area contributed by atoms with Gasteiger partial charge in [-0.2, -0.15) is 0 Å². The Labute approximate surface area is 203 Å². The molecule has 0 aliphatic heterocycles. The van der Waals surface area contributed by atoms with Gasteiger partial charge in [-0.15, -0.1) is 12.6 Å². The Morgan fingerprint density at radius 1 is 1.06 bits per heavy atom. The molecular weight excluding hydrogens is 420 g/mol. The van der Waals surface area contributed by atoms with Crippen molar-refractivity contribution < 1.29 is 0 Å². The summed E-state index contributed by atoms with van der Waals surface area (Å²) in [6.45, 7) is 4.53. The fourth-order valence-corrected chi connectivity index (χ4v) is 5.70. The zero-order valence-corrected chi connectivity index (χ0v) is 20.3. The van der Waals surface area contributed by atoms with E-state index in [-0.39, 0.29) is 11.5 Å². The lowest BCUT2D eigenvalue weighted by atomic mass is 9.73. The van der Waals surface area contributed by atoms with Crippen LogP contribution < -0.4 is 5.73 Å². The number of thiol groups is 1. The summed E-state index contributed by atoms with van der Waals surface area (Å²) in [5.41, 5.74) is 13.7. The molecule has 168 valence electrons. The van der Waals surface area contributed by atoms with Crippen molar-refractivity contribution in [2.75, 3.05) is 0 Å². The highest BCUT2D eigenvalue weighted by atomic mass is 32.1. The van der Waals surface area contributed by atoms with Crippen LogP contribution in [0.2, 0.25) is 0 Å². The molecule has 1 aromatic carbocycles. The van der Waals surface area contributed by atoms with E-state index in [2.05, 4.69) is 93.3 Å². The van der Waals surface area contributed by atoms with Gasteiger partial charge < -0.3 is 5.73 Å². The van der Waals surface area contributed by atoms with Crippen molar-refractivity contribution in [1.82, 2.24) is 4.98 Å². The number of aromatic nitrogens is 1. The van der Waals surface area contributed by atoms with E-state index in [0.29, 0.717) is 11.8 Å². The van der Waals surface area contributed by atoms with Crippen LogP contribution in [-0.4, -0.2) is 11.0 Å². The molecule has 5 rings (SSSR count). The molecule has 3 aliphatic rings. The minimum atomic E-state index is 0.126. The number of hydrogen-bond acceptors (Lipinski definition) is 3. The van der Waals surface area contributed by atoms with E-state index in [0.717, 1.165) is 23.4 Å². The Bertz CT molecular complexity index is 1200. The molecule has 2 aromatic rings. The van der Waals surface area contributed by atoms with E-state index in [9.17, 15) is 0 Å². The van der Waals surface area contributed by atoms with Gasteiger partial charge in [-0.05, 0) is 102 Å². The van der Waals surface area contributed by atoms with Crippen molar-refractivity contribution in [2.45, 2.75) is 44.0 Å². The number of hydrogen-bond donors (Lipinski definition) is 2. The molecule has 0 bridgehead atoms. The van der Waals surface area contributed by atoms with E-state index >= 15 is 0 Å². The second-order valence-corrected chi connectivity index (χ2v) is 10.2. The summed E-state index contributed by atoms with van der Waals surface area (Å²) in [6, 6.07) is 12.8. The molecule has 0 radical (unpaired) electrons. The minimum Gasteiger partial charge on any atom is -0.324 e. The first-order valence-electron chi connectivity index (χ1n) is 12.0. The van der Waals surface area contributed by atoms with Crippen molar-refractivity contribution in [3.8, 4) is 11.1 Å². The standard InChI is InChI=1S/C30H32N2S/c1-3-15-30(19-20(30)2)28-13-8-23(21-4-9-25(31)10-5-21)17-27(28)29-18-24(14-16-32-29)22-6-11-26(33)12-7-22/h3-9,11-12,14-18,20,25,28,33H,10,13,19,31H2,1-2H3. The Kier molecular flexibility index (Phi) is 6.03. The topological polar surface area (TPSA) is 38.9 Å². The van der Waals surface area contributed by atoms with E-state index in [1.54, 1.807) is 0 Å². The Hall–Kier alpha value is -2.62. The first-order valence-corrected chi connectivity index (χ1v) is 12.4. The summed E-state index contributed by atoms with van der Waals surface area (Å²) in [5, 5.41) is 0. The number of pyridine rings is 1. The van der Waals surface area contributed by atoms with Crippen LogP contribution in [0.1, 0.15) is 38.8 Å². The summed E-state index contributed by atoms with van der Waals surface area (Å²) in [6.07, 6.45) is 21.2. The lowest BCUT2D eigenvalue weighted by Gasteiger charge is -2.31. The fraction of sp³-hybridized carbons (Fsp3) is 0.300. The van der Waals surface area contributed by atoms with Gasteiger partial charge in [-0.25, -0.2) is 0 Å². The molecule has 2 N–H and O–H groups in total. The first-order chi connectivity index (χ1) is 16.0. The molecule has 0 amide bonds. The smallest absolute Gasteiger partial charge is 0.0671 e. The lowest BCUT2D eigenvalue weighted by Crippen LogP contribution is -2.21. The molecule has 1 saturated carbocycles. The maximum Gasteiger partial charge on any atom is 0.0671 e. The van der Waals surface area contributed by atoms with Crippen LogP contribution in [0.15, 0.2) is 101 Å². The van der Waals surface area contributed by atoms with Crippen molar-refractivity contribution in [2.24, 2.45) is 23.0 Å². The minimum absolute atomic E-state index is 0.126. The van der Waals surface area contributed by atoms with E-state index in [1.807, 2.05) is 18.3 Å². The van der Waals surface area contributed by atoms with Crippen LogP contribution >= 0.6 is 12.6 Å². The Balaban J connectivity index is 1.57. The monoisotopic (exact) mass is 452 g/mol. The summed E-state index contributed by atoms with van der Waals surface area (Å²) in [4.78, 5) is 5.86. The van der Waals surface area contributed by atoms with Crippen molar-refractivity contribution in [3.63, 3.8) is 0 Å². The largest absolute Gasteiger partial charge is 0.324 e. The van der Waals surface area contributed by atoms with Gasteiger partial charge in [0.05, 0.1) is 5.69 Å². The van der Waals surface area contributed by atoms with Crippen LogP contribution in [0, 0.1) is 17.3 Å². The molecular formula is C30H32N2S. The first kappa shape index (κ1) is 22.2. The third kappa shape index (κ3) is 4.32. The second kappa shape index (κ2) is 8.96. The van der Waals surface area contributed by atoms with Crippen LogP contribution in [0.4, 0.5) is 0 Å². The molecule has 1 heterocycles. The Morgan fingerprint density at radius 3 is 2.48 bits per heavy atom. The van der Waals surface area contributed by atoms with Crippen LogP contribution in [0.25, 0.3) is 16.7 Å². The van der Waals surface area contributed by atoms with Gasteiger partial charge in [-0.3, -0.25) is 4.98 Å². The van der Waals surface area contributed by atoms with Crippen LogP contribution in [0.3, 0.4) is 0 Å². The zero-order chi connectivity index (χ0) is 23.0. The average Bonchev–Trinajstić information content (AvgIpc) is 3.49. The SMILES string of the molecule is CC=CC1(C2CC=C(C3=CCC(N)C=C3)C=C2c2cc(-c3ccc(S)cc3)ccn2)CC1C. The lowest BCUT2D eigenvalue weighted by molar-refractivity contribution is 0.437. The molecule has 0 spiro atoms. The third-order valence-corrected chi connectivity index (χ3v) is 7.82. The van der Waals surface area contributed by atoms with Gasteiger partial charge in [0.15, 0.2) is 0 Å². The highest BCUT2D eigenvalue weighted by molar-refractivity contribution is 7.80. The molecule has 0 saturated heterocycles. The summed E-state index contributed by atoms with van der Waals surface area (Å²) < 4.78 is 0. The molecule has 3 aliphatic carbocycles. The number of nitrogens with zero attached hydrogens (tertiary/aromatic N) is 1. The molecule has 1 aromatic heterocycles. The maximum atomic E-state index is 6.07. The average molecular weight is 453 g/mol. The Morgan fingerprint density at radius 2 is 1.82 bits per heavy atom. The molecule has 4 unspecified atom stereocenters. The number of allylic oxidation sites excluding steroid dienone is 8. The number of nitrogens with two attached hydrogens (primary N) is 1. The van der Waals surface area contributed by atoms with Gasteiger partial charge >= 0.3 is 0 Å². The van der Waals surface area contributed by atoms with Gasteiger partial charge in [-0.1, -0.05) is 55.5 Å². The summed E-state index contributed by atoms with van der Waals surface area (Å²) in [7, 11) is 0. The predicted octanol–water partition coefficient (Wildman–Crippen LogP) is 7.18. The highest BCUT2D eigenvalue weighted by Crippen LogP contribution is 2.63. The van der Waals surface area contributed by atoms with Crippen LogP contribution in [0.5, 0.6) is 0 Å². The van der Waals surface area contributed by atoms with E-state index < -0.39 is 0 Å². The molecule has 1 fully saturated rings. The van der Waals surface area contributed by atoms with Gasteiger partial charge in [0, 0.05) is 17.1 Å². The van der Waals surface area contributed by atoms with Crippen molar-refractivity contribution in [3.05, 3.63) is 102 Å². The number of benzene rings is 1. The summed E-state index contributed by atoms with van der Waals surface area (Å²) >= 11 is 4.44. The van der Waals surface area contributed by atoms with Crippen molar-refractivity contribution in [1.29, 1.82) is 0 Å². The second-order valence-electron chi connectivity index (χ2n) is 9.66. The normalized spacial score (nSPS) is 29.0. The van der Waals surface area contributed by atoms with Gasteiger partial charge in [0.1, 0.15) is 0 Å². The van der Waals surface area contributed by atoms with Gasteiger partial charge in [0.25, 0.3) is 0 Å². The maximum absolute atomic E-state index is 6.07. The van der Waals surface area contributed by atoms with Gasteiger partial charge in [0.2, 0.25) is 0 Å². The predicted molar refractivity (Wildman–Crippen MR) is 142 cm³/mol. The zero-order valence-electron chi connectivity index (χ0n) is 19.4. The highest BCUT2D eigenvalue weighted by Gasteiger charge is 2.55. The molecule has 3 heteroatoms. The quantitative estimate of drug-likeness (QED) is 0.372. The summed E-state index contributed by atoms with van der Waals surface area (Å²) in [5.74, 6) is 1.13. The third-order valence-electron chi connectivity index (χ3n) is 7.53. The van der Waals surface area contributed by atoms with E-state index in [4.69, 9.17) is 10.7 Å². The molecule has 4 atom stereocenters. The van der Waals surface area contributed by atoms with Crippen molar-refractivity contribution >= 4 is 18.2 Å².